The quantitative estimate of drug-likeness (QED) is 0.609. The number of amides is 1. The van der Waals surface area contributed by atoms with Gasteiger partial charge < -0.3 is 15.4 Å². The summed E-state index contributed by atoms with van der Waals surface area (Å²) >= 11 is 0. The first-order valence-corrected chi connectivity index (χ1v) is 6.00. The maximum Gasteiger partial charge on any atom is 0.229 e. The number of rotatable bonds is 2. The van der Waals surface area contributed by atoms with Gasteiger partial charge in [-0.1, -0.05) is 5.92 Å². The van der Waals surface area contributed by atoms with Gasteiger partial charge in [0.1, 0.15) is 0 Å². The molecule has 0 saturated carbocycles. The summed E-state index contributed by atoms with van der Waals surface area (Å²) in [4.78, 5) is 16.2. The van der Waals surface area contributed by atoms with Crippen molar-refractivity contribution in [3.63, 3.8) is 0 Å². The van der Waals surface area contributed by atoms with Crippen molar-refractivity contribution < 1.29 is 9.53 Å². The van der Waals surface area contributed by atoms with E-state index in [9.17, 15) is 4.79 Å². The highest BCUT2D eigenvalue weighted by atomic mass is 16.5. The summed E-state index contributed by atoms with van der Waals surface area (Å²) in [6.07, 6.45) is 5.27. The van der Waals surface area contributed by atoms with E-state index in [1.54, 1.807) is 0 Å². The zero-order chi connectivity index (χ0) is 12.3. The van der Waals surface area contributed by atoms with Crippen LogP contribution < -0.4 is 5.73 Å². The predicted molar refractivity (Wildman–Crippen MR) is 64.1 cm³/mol. The second kappa shape index (κ2) is 5.50. The largest absolute Gasteiger partial charge is 0.379 e. The highest BCUT2D eigenvalue weighted by Gasteiger charge is 2.35. The smallest absolute Gasteiger partial charge is 0.229 e. The first kappa shape index (κ1) is 12.4. The normalized spacial score (nSPS) is 30.2. The Morgan fingerprint density at radius 2 is 2.06 bits per heavy atom. The molecule has 0 bridgehead atoms. The molecule has 1 amide bonds. The third-order valence-electron chi connectivity index (χ3n) is 3.44. The second-order valence-electron chi connectivity index (χ2n) is 4.61. The summed E-state index contributed by atoms with van der Waals surface area (Å²) in [7, 11) is 0. The second-order valence-corrected chi connectivity index (χ2v) is 4.61. The van der Waals surface area contributed by atoms with Crippen LogP contribution in [-0.2, 0) is 9.53 Å². The molecule has 5 nitrogen and oxygen atoms in total. The van der Waals surface area contributed by atoms with E-state index in [0.29, 0.717) is 19.8 Å². The summed E-state index contributed by atoms with van der Waals surface area (Å²) in [5.41, 5.74) is 5.85. The Hall–Kier alpha value is -1.09. The SMILES string of the molecule is C#CCN1CCN(C(=O)C2COCC2N)CC1. The van der Waals surface area contributed by atoms with E-state index in [1.165, 1.54) is 0 Å². The summed E-state index contributed by atoms with van der Waals surface area (Å²) < 4.78 is 5.23. The van der Waals surface area contributed by atoms with E-state index >= 15 is 0 Å². The third-order valence-corrected chi connectivity index (χ3v) is 3.44. The van der Waals surface area contributed by atoms with Crippen LogP contribution in [-0.4, -0.2) is 67.7 Å². The minimum absolute atomic E-state index is 0.135. The van der Waals surface area contributed by atoms with Gasteiger partial charge in [-0.25, -0.2) is 0 Å². The van der Waals surface area contributed by atoms with Crippen LogP contribution in [0, 0.1) is 18.3 Å². The number of nitrogens with two attached hydrogens (primary N) is 1. The van der Waals surface area contributed by atoms with Crippen LogP contribution in [0.4, 0.5) is 0 Å². The number of hydrogen-bond acceptors (Lipinski definition) is 4. The summed E-state index contributed by atoms with van der Waals surface area (Å²) in [5, 5.41) is 0. The fourth-order valence-corrected chi connectivity index (χ4v) is 2.32. The number of carbonyl (C=O) groups is 1. The standard InChI is InChI=1S/C12H19N3O2/c1-2-3-14-4-6-15(7-5-14)12(16)10-8-17-9-11(10)13/h1,10-11H,3-9,13H2. The van der Waals surface area contributed by atoms with E-state index in [-0.39, 0.29) is 17.9 Å². The van der Waals surface area contributed by atoms with Gasteiger partial charge in [-0.2, -0.15) is 0 Å². The van der Waals surface area contributed by atoms with Crippen LogP contribution in [0.25, 0.3) is 0 Å². The van der Waals surface area contributed by atoms with Gasteiger partial charge in [0.2, 0.25) is 5.91 Å². The molecular formula is C12H19N3O2. The molecule has 0 aromatic rings. The number of terminal acetylenes is 1. The number of nitrogens with zero attached hydrogens (tertiary/aromatic N) is 2. The molecule has 5 heteroatoms. The van der Waals surface area contributed by atoms with Crippen molar-refractivity contribution in [2.75, 3.05) is 45.9 Å². The maximum absolute atomic E-state index is 12.2. The number of carbonyl (C=O) groups excluding carboxylic acids is 1. The Bertz CT molecular complexity index is 318. The summed E-state index contributed by atoms with van der Waals surface area (Å²) in [5.74, 6) is 2.60. The van der Waals surface area contributed by atoms with E-state index in [4.69, 9.17) is 16.9 Å². The molecule has 2 rings (SSSR count). The Morgan fingerprint density at radius 3 is 2.59 bits per heavy atom. The number of ether oxygens (including phenoxy) is 1. The average molecular weight is 237 g/mol. The fourth-order valence-electron chi connectivity index (χ4n) is 2.32. The molecule has 0 aromatic heterocycles. The molecule has 17 heavy (non-hydrogen) atoms. The number of piperazine rings is 1. The Labute approximate surface area is 102 Å². The van der Waals surface area contributed by atoms with Crippen LogP contribution in [0.15, 0.2) is 0 Å². The molecule has 2 aliphatic rings. The van der Waals surface area contributed by atoms with E-state index in [1.807, 2.05) is 4.90 Å². The molecule has 2 unspecified atom stereocenters. The van der Waals surface area contributed by atoms with Gasteiger partial charge in [-0.05, 0) is 0 Å². The topological polar surface area (TPSA) is 58.8 Å². The van der Waals surface area contributed by atoms with E-state index in [2.05, 4.69) is 10.8 Å². The Morgan fingerprint density at radius 1 is 1.35 bits per heavy atom. The molecule has 94 valence electrons. The molecule has 2 atom stereocenters. The third kappa shape index (κ3) is 2.78. The van der Waals surface area contributed by atoms with Crippen LogP contribution in [0.2, 0.25) is 0 Å². The molecule has 2 saturated heterocycles. The van der Waals surface area contributed by atoms with Gasteiger partial charge in [0, 0.05) is 32.2 Å². The molecule has 2 fully saturated rings. The molecule has 0 spiro atoms. The summed E-state index contributed by atoms with van der Waals surface area (Å²) in [6, 6.07) is -0.147. The van der Waals surface area contributed by atoms with Crippen LogP contribution in [0.5, 0.6) is 0 Å². The summed E-state index contributed by atoms with van der Waals surface area (Å²) in [6.45, 7) is 4.79. The lowest BCUT2D eigenvalue weighted by molar-refractivity contribution is -0.137. The Kier molecular flexibility index (Phi) is 4.00. The van der Waals surface area contributed by atoms with Gasteiger partial charge in [0.15, 0.2) is 0 Å². The molecule has 2 heterocycles. The van der Waals surface area contributed by atoms with Crippen molar-refractivity contribution in [1.82, 2.24) is 9.80 Å². The van der Waals surface area contributed by atoms with Gasteiger partial charge in [-0.3, -0.25) is 9.69 Å². The van der Waals surface area contributed by atoms with Crippen LogP contribution in [0.1, 0.15) is 0 Å². The highest BCUT2D eigenvalue weighted by Crippen LogP contribution is 2.16. The first-order valence-electron chi connectivity index (χ1n) is 6.00. The van der Waals surface area contributed by atoms with E-state index in [0.717, 1.165) is 26.2 Å². The van der Waals surface area contributed by atoms with Gasteiger partial charge in [0.05, 0.1) is 25.7 Å². The monoisotopic (exact) mass is 237 g/mol. The zero-order valence-corrected chi connectivity index (χ0v) is 9.97. The maximum atomic E-state index is 12.2. The van der Waals surface area contributed by atoms with Crippen molar-refractivity contribution in [2.24, 2.45) is 11.7 Å². The van der Waals surface area contributed by atoms with Crippen LogP contribution >= 0.6 is 0 Å². The average Bonchev–Trinajstić information content (AvgIpc) is 2.76. The predicted octanol–water partition coefficient (Wildman–Crippen LogP) is -1.26. The van der Waals surface area contributed by atoms with Crippen molar-refractivity contribution in [3.05, 3.63) is 0 Å². The van der Waals surface area contributed by atoms with E-state index < -0.39 is 0 Å². The number of hydrogen-bond donors (Lipinski definition) is 1. The molecule has 2 N–H and O–H groups in total. The zero-order valence-electron chi connectivity index (χ0n) is 9.97. The minimum atomic E-state index is -0.158. The van der Waals surface area contributed by atoms with Gasteiger partial charge >= 0.3 is 0 Å². The van der Waals surface area contributed by atoms with Crippen molar-refractivity contribution in [3.8, 4) is 12.3 Å². The van der Waals surface area contributed by atoms with Crippen LogP contribution in [0.3, 0.4) is 0 Å². The molecule has 0 radical (unpaired) electrons. The minimum Gasteiger partial charge on any atom is -0.379 e. The van der Waals surface area contributed by atoms with Gasteiger partial charge in [-0.15, -0.1) is 6.42 Å². The molecule has 0 aliphatic carbocycles. The van der Waals surface area contributed by atoms with Gasteiger partial charge in [0.25, 0.3) is 0 Å². The fraction of sp³-hybridized carbons (Fsp3) is 0.750. The first-order chi connectivity index (χ1) is 8.22. The lowest BCUT2D eigenvalue weighted by Crippen LogP contribution is -2.52. The molecule has 0 aromatic carbocycles. The van der Waals surface area contributed by atoms with Crippen molar-refractivity contribution in [1.29, 1.82) is 0 Å². The van der Waals surface area contributed by atoms with Crippen molar-refractivity contribution >= 4 is 5.91 Å². The Balaban J connectivity index is 1.84. The molecule has 2 aliphatic heterocycles. The molecular weight excluding hydrogens is 218 g/mol. The van der Waals surface area contributed by atoms with Crippen molar-refractivity contribution in [2.45, 2.75) is 6.04 Å². The highest BCUT2D eigenvalue weighted by molar-refractivity contribution is 5.80. The lowest BCUT2D eigenvalue weighted by Gasteiger charge is -2.35. The lowest BCUT2D eigenvalue weighted by atomic mass is 10.0.